The number of allylic oxidation sites excluding steroid dienone is 4. The molecule has 4 saturated carbocycles. The van der Waals surface area contributed by atoms with Crippen LogP contribution in [0, 0.1) is 23.2 Å². The van der Waals surface area contributed by atoms with Gasteiger partial charge in [0.15, 0.2) is 0 Å². The third-order valence-corrected chi connectivity index (χ3v) is 12.4. The summed E-state index contributed by atoms with van der Waals surface area (Å²) in [7, 11) is 0. The molecule has 220 valence electrons. The summed E-state index contributed by atoms with van der Waals surface area (Å²) < 4.78 is 0. The minimum absolute atomic E-state index is 0.0511. The number of fused-ring (bicyclic) bond motifs is 1. The number of rotatable bonds is 10. The molecule has 0 spiro atoms. The van der Waals surface area contributed by atoms with E-state index in [4.69, 9.17) is 0 Å². The van der Waals surface area contributed by atoms with Gasteiger partial charge in [-0.1, -0.05) is 70.1 Å². The van der Waals surface area contributed by atoms with Crippen LogP contribution in [0.2, 0.25) is 0 Å². The Bertz CT molecular complexity index is 1140. The zero-order valence-electron chi connectivity index (χ0n) is 25.1. The van der Waals surface area contributed by atoms with Gasteiger partial charge in [-0.3, -0.25) is 0 Å². The highest BCUT2D eigenvalue weighted by molar-refractivity contribution is 7.12. The largest absolute Gasteiger partial charge is 0.393 e. The van der Waals surface area contributed by atoms with E-state index in [1.54, 1.807) is 0 Å². The highest BCUT2D eigenvalue weighted by Crippen LogP contribution is 2.60. The molecule has 0 aromatic carbocycles. The zero-order valence-corrected chi connectivity index (χ0v) is 25.9. The molecule has 4 aliphatic rings. The fraction of sp³-hybridized carbons (Fsp3) is 0.667. The SMILES string of the molecule is C=C1C(=CC=C2CCC[C@]3(C)[C@@H]([C@H](C)C=C[C@H](O)C4(c5ccc(CCCCC)s5)CC4)CC[C@@H]23)C[C@@H](O)C[C@@H]1O. The maximum Gasteiger partial charge on any atom is 0.0825 e. The lowest BCUT2D eigenvalue weighted by molar-refractivity contribution is 0.0862. The summed E-state index contributed by atoms with van der Waals surface area (Å²) in [4.78, 5) is 2.86. The molecule has 7 atom stereocenters. The first-order valence-electron chi connectivity index (χ1n) is 16.1. The van der Waals surface area contributed by atoms with Crippen LogP contribution in [-0.4, -0.2) is 33.6 Å². The average molecular weight is 565 g/mol. The van der Waals surface area contributed by atoms with Crippen LogP contribution in [-0.2, 0) is 11.8 Å². The van der Waals surface area contributed by atoms with Crippen molar-refractivity contribution in [1.29, 1.82) is 0 Å². The van der Waals surface area contributed by atoms with Gasteiger partial charge in [0, 0.05) is 21.6 Å². The van der Waals surface area contributed by atoms with Gasteiger partial charge in [0.1, 0.15) is 0 Å². The van der Waals surface area contributed by atoms with Crippen LogP contribution in [0.25, 0.3) is 0 Å². The van der Waals surface area contributed by atoms with Crippen LogP contribution in [0.4, 0.5) is 0 Å². The third-order valence-electron chi connectivity index (χ3n) is 11.1. The highest BCUT2D eigenvalue weighted by Gasteiger charge is 2.52. The van der Waals surface area contributed by atoms with Crippen LogP contribution in [0.3, 0.4) is 0 Å². The molecule has 4 heteroatoms. The molecule has 3 nitrogen and oxygen atoms in total. The summed E-state index contributed by atoms with van der Waals surface area (Å²) in [5.74, 6) is 1.64. The third kappa shape index (κ3) is 6.02. The molecule has 0 bridgehead atoms. The second kappa shape index (κ2) is 12.4. The maximum atomic E-state index is 11.4. The smallest absolute Gasteiger partial charge is 0.0825 e. The van der Waals surface area contributed by atoms with Crippen molar-refractivity contribution in [3.63, 3.8) is 0 Å². The van der Waals surface area contributed by atoms with E-state index >= 15 is 0 Å². The van der Waals surface area contributed by atoms with Crippen molar-refractivity contribution in [1.82, 2.24) is 0 Å². The van der Waals surface area contributed by atoms with Crippen molar-refractivity contribution in [2.24, 2.45) is 23.2 Å². The van der Waals surface area contributed by atoms with Gasteiger partial charge in [0.25, 0.3) is 0 Å². The molecule has 0 aliphatic heterocycles. The Labute approximate surface area is 246 Å². The zero-order chi connectivity index (χ0) is 28.5. The molecular weight excluding hydrogens is 512 g/mol. The van der Waals surface area contributed by atoms with E-state index in [-0.39, 0.29) is 10.8 Å². The number of thiophene rings is 1. The quantitative estimate of drug-likeness (QED) is 0.198. The predicted octanol–water partition coefficient (Wildman–Crippen LogP) is 8.21. The van der Waals surface area contributed by atoms with Gasteiger partial charge in [0.2, 0.25) is 0 Å². The lowest BCUT2D eigenvalue weighted by Crippen LogP contribution is -2.35. The summed E-state index contributed by atoms with van der Waals surface area (Å²) in [6.07, 6.45) is 21.6. The van der Waals surface area contributed by atoms with Crippen molar-refractivity contribution in [2.45, 2.75) is 128 Å². The molecule has 5 rings (SSSR count). The molecule has 1 aromatic rings. The Hall–Kier alpha value is -1.46. The van der Waals surface area contributed by atoms with Crippen LogP contribution in [0.15, 0.2) is 59.7 Å². The molecule has 0 unspecified atom stereocenters. The highest BCUT2D eigenvalue weighted by atomic mass is 32.1. The maximum absolute atomic E-state index is 11.4. The van der Waals surface area contributed by atoms with E-state index in [1.165, 1.54) is 66.7 Å². The van der Waals surface area contributed by atoms with Crippen LogP contribution in [0.5, 0.6) is 0 Å². The van der Waals surface area contributed by atoms with Crippen molar-refractivity contribution in [2.75, 3.05) is 0 Å². The number of unbranched alkanes of at least 4 members (excludes halogenated alkanes) is 2. The van der Waals surface area contributed by atoms with Gasteiger partial charge in [-0.15, -0.1) is 11.3 Å². The first-order chi connectivity index (χ1) is 19.2. The summed E-state index contributed by atoms with van der Waals surface area (Å²) in [6, 6.07) is 4.59. The number of hydrogen-bond donors (Lipinski definition) is 3. The fourth-order valence-electron chi connectivity index (χ4n) is 8.36. The normalized spacial score (nSPS) is 35.4. The van der Waals surface area contributed by atoms with E-state index in [9.17, 15) is 15.3 Å². The molecule has 1 heterocycles. The molecule has 40 heavy (non-hydrogen) atoms. The van der Waals surface area contributed by atoms with Crippen LogP contribution >= 0.6 is 11.3 Å². The van der Waals surface area contributed by atoms with Gasteiger partial charge in [-0.2, -0.15) is 0 Å². The Balaban J connectivity index is 1.24. The standard InChI is InChI=1S/C36H52O3S/c1-5-6-7-10-29-14-18-34(40-29)36(20-21-36)33(39)17-11-24(2)30-15-16-31-26(9-8-19-35(30,31)4)12-13-27-22-28(37)23-32(38)25(27)3/h11-14,17-18,24,28,30-33,37-39H,3,5-10,15-16,19-23H2,1-2,4H3/t24-,28-,30-,31+,32+,33+,35-/m1/s1. The van der Waals surface area contributed by atoms with Crippen LogP contribution in [0.1, 0.15) is 108 Å². The van der Waals surface area contributed by atoms with Gasteiger partial charge in [0.05, 0.1) is 18.3 Å². The average Bonchev–Trinajstić information content (AvgIpc) is 3.46. The van der Waals surface area contributed by atoms with Gasteiger partial charge >= 0.3 is 0 Å². The summed E-state index contributed by atoms with van der Waals surface area (Å²) in [5.41, 5.74) is 3.53. The minimum Gasteiger partial charge on any atom is -0.393 e. The predicted molar refractivity (Wildman–Crippen MR) is 167 cm³/mol. The summed E-state index contributed by atoms with van der Waals surface area (Å²) in [5, 5.41) is 31.8. The van der Waals surface area contributed by atoms with Crippen molar-refractivity contribution in [3.05, 3.63) is 69.5 Å². The first-order valence-corrected chi connectivity index (χ1v) is 16.9. The lowest BCUT2D eigenvalue weighted by Gasteiger charge is -2.44. The van der Waals surface area contributed by atoms with Crippen molar-refractivity contribution in [3.8, 4) is 0 Å². The molecule has 0 saturated heterocycles. The van der Waals surface area contributed by atoms with Gasteiger partial charge < -0.3 is 15.3 Å². The molecule has 1 aromatic heterocycles. The molecule has 4 fully saturated rings. The number of hydrogen-bond acceptors (Lipinski definition) is 4. The number of aliphatic hydroxyl groups excluding tert-OH is 3. The van der Waals surface area contributed by atoms with Crippen molar-refractivity contribution >= 4 is 11.3 Å². The molecule has 0 radical (unpaired) electrons. The summed E-state index contributed by atoms with van der Waals surface area (Å²) >= 11 is 1.93. The molecule has 4 aliphatic carbocycles. The topological polar surface area (TPSA) is 60.7 Å². The minimum atomic E-state index is -0.633. The van der Waals surface area contributed by atoms with E-state index in [0.29, 0.717) is 30.6 Å². The monoisotopic (exact) mass is 564 g/mol. The molecule has 0 amide bonds. The molecule has 3 N–H and O–H groups in total. The lowest BCUT2D eigenvalue weighted by atomic mass is 9.61. The Morgan fingerprint density at radius 1 is 1.10 bits per heavy atom. The van der Waals surface area contributed by atoms with Crippen LogP contribution < -0.4 is 0 Å². The van der Waals surface area contributed by atoms with Gasteiger partial charge in [-0.05, 0) is 111 Å². The Morgan fingerprint density at radius 3 is 2.65 bits per heavy atom. The fourth-order valence-corrected chi connectivity index (χ4v) is 9.69. The second-order valence-electron chi connectivity index (χ2n) is 13.7. The number of aryl methyl sites for hydroxylation is 1. The van der Waals surface area contributed by atoms with E-state index < -0.39 is 18.3 Å². The first kappa shape index (κ1) is 30.0. The summed E-state index contributed by atoms with van der Waals surface area (Å²) in [6.45, 7) is 11.2. The van der Waals surface area contributed by atoms with E-state index in [0.717, 1.165) is 30.4 Å². The number of aliphatic hydroxyl groups is 3. The van der Waals surface area contributed by atoms with Crippen molar-refractivity contribution < 1.29 is 15.3 Å². The van der Waals surface area contributed by atoms with E-state index in [2.05, 4.69) is 63.8 Å². The molecular formula is C36H52O3S. The van der Waals surface area contributed by atoms with E-state index in [1.807, 2.05) is 11.3 Å². The Kier molecular flexibility index (Phi) is 9.31. The van der Waals surface area contributed by atoms with Gasteiger partial charge in [-0.25, -0.2) is 0 Å². The second-order valence-corrected chi connectivity index (χ2v) is 14.9. The Morgan fingerprint density at radius 2 is 1.90 bits per heavy atom.